The van der Waals surface area contributed by atoms with Crippen molar-refractivity contribution in [3.8, 4) is 11.4 Å². The predicted octanol–water partition coefficient (Wildman–Crippen LogP) is 2.78. The van der Waals surface area contributed by atoms with Crippen LogP contribution in [0.25, 0.3) is 11.4 Å². The number of carbonyl (C=O) groups excluding carboxylic acids is 1. The summed E-state index contributed by atoms with van der Waals surface area (Å²) in [5, 5.41) is 6.96. The van der Waals surface area contributed by atoms with E-state index in [0.29, 0.717) is 16.5 Å². The van der Waals surface area contributed by atoms with E-state index < -0.39 is 15.9 Å². The Morgan fingerprint density at radius 1 is 1.21 bits per heavy atom. The molecule has 29 heavy (non-hydrogen) atoms. The van der Waals surface area contributed by atoms with E-state index in [-0.39, 0.29) is 19.0 Å². The fourth-order valence-electron chi connectivity index (χ4n) is 2.60. The van der Waals surface area contributed by atoms with Gasteiger partial charge in [0.05, 0.1) is 18.5 Å². The molecule has 0 fully saturated rings. The molecule has 10 heteroatoms. The SMILES string of the molecule is Cc1cccc(-c2noc(CNC(=O)CN(c3ccc(Cl)cc3)S(C)(=O)=O)n2)c1. The van der Waals surface area contributed by atoms with Crippen LogP contribution in [-0.2, 0) is 21.4 Å². The van der Waals surface area contributed by atoms with Crippen molar-refractivity contribution in [2.75, 3.05) is 17.1 Å². The van der Waals surface area contributed by atoms with E-state index in [9.17, 15) is 13.2 Å². The first-order valence-electron chi connectivity index (χ1n) is 8.62. The fraction of sp³-hybridized carbons (Fsp3) is 0.211. The summed E-state index contributed by atoms with van der Waals surface area (Å²) < 4.78 is 30.3. The third kappa shape index (κ3) is 5.55. The lowest BCUT2D eigenvalue weighted by Crippen LogP contribution is -2.40. The highest BCUT2D eigenvalue weighted by atomic mass is 35.5. The molecule has 0 aliphatic carbocycles. The van der Waals surface area contributed by atoms with Crippen molar-refractivity contribution in [1.29, 1.82) is 0 Å². The third-order valence-corrected chi connectivity index (χ3v) is 5.38. The van der Waals surface area contributed by atoms with Crippen LogP contribution in [0.15, 0.2) is 53.1 Å². The van der Waals surface area contributed by atoms with Crippen LogP contribution >= 0.6 is 11.6 Å². The number of rotatable bonds is 7. The van der Waals surface area contributed by atoms with E-state index in [1.807, 2.05) is 31.2 Å². The minimum atomic E-state index is -3.67. The van der Waals surface area contributed by atoms with Crippen molar-refractivity contribution in [2.45, 2.75) is 13.5 Å². The zero-order chi connectivity index (χ0) is 21.0. The van der Waals surface area contributed by atoms with Crippen molar-refractivity contribution in [3.05, 3.63) is 65.0 Å². The number of nitrogens with one attached hydrogen (secondary N) is 1. The first kappa shape index (κ1) is 20.8. The Balaban J connectivity index is 1.65. The molecular formula is C19H19ClN4O4S. The fourth-order valence-corrected chi connectivity index (χ4v) is 3.58. The molecule has 0 atom stereocenters. The van der Waals surface area contributed by atoms with Crippen molar-refractivity contribution in [3.63, 3.8) is 0 Å². The summed E-state index contributed by atoms with van der Waals surface area (Å²) >= 11 is 5.84. The minimum absolute atomic E-state index is 0.0180. The van der Waals surface area contributed by atoms with E-state index in [4.69, 9.17) is 16.1 Å². The number of benzene rings is 2. The normalized spacial score (nSPS) is 11.3. The molecule has 0 aliphatic rings. The van der Waals surface area contributed by atoms with Gasteiger partial charge in [0, 0.05) is 10.6 Å². The molecule has 1 heterocycles. The van der Waals surface area contributed by atoms with E-state index in [1.54, 1.807) is 12.1 Å². The van der Waals surface area contributed by atoms with Gasteiger partial charge in [0.1, 0.15) is 6.54 Å². The molecule has 0 saturated carbocycles. The molecule has 0 unspecified atom stereocenters. The van der Waals surface area contributed by atoms with Crippen LogP contribution in [0, 0.1) is 6.92 Å². The molecule has 0 aliphatic heterocycles. The van der Waals surface area contributed by atoms with Gasteiger partial charge in [-0.1, -0.05) is 40.5 Å². The maximum Gasteiger partial charge on any atom is 0.246 e. The maximum atomic E-state index is 12.3. The minimum Gasteiger partial charge on any atom is -0.345 e. The van der Waals surface area contributed by atoms with Gasteiger partial charge in [0.15, 0.2) is 0 Å². The Kier molecular flexibility index (Phi) is 6.19. The summed E-state index contributed by atoms with van der Waals surface area (Å²) in [5.74, 6) is 0.116. The largest absolute Gasteiger partial charge is 0.345 e. The van der Waals surface area contributed by atoms with Gasteiger partial charge in [-0.05, 0) is 37.3 Å². The number of amides is 1. The Morgan fingerprint density at radius 2 is 1.93 bits per heavy atom. The number of carbonyl (C=O) groups is 1. The molecular weight excluding hydrogens is 416 g/mol. The molecule has 1 N–H and O–H groups in total. The van der Waals surface area contributed by atoms with Crippen molar-refractivity contribution in [2.24, 2.45) is 0 Å². The first-order valence-corrected chi connectivity index (χ1v) is 10.8. The molecule has 0 spiro atoms. The summed E-state index contributed by atoms with van der Waals surface area (Å²) in [5.41, 5.74) is 2.20. The third-order valence-electron chi connectivity index (χ3n) is 3.98. The van der Waals surface area contributed by atoms with Crippen LogP contribution in [0.4, 0.5) is 5.69 Å². The highest BCUT2D eigenvalue weighted by Gasteiger charge is 2.21. The summed E-state index contributed by atoms with van der Waals surface area (Å²) in [7, 11) is -3.67. The second-order valence-corrected chi connectivity index (χ2v) is 8.75. The summed E-state index contributed by atoms with van der Waals surface area (Å²) in [6.07, 6.45) is 1.03. The highest BCUT2D eigenvalue weighted by Crippen LogP contribution is 2.20. The van der Waals surface area contributed by atoms with Gasteiger partial charge >= 0.3 is 0 Å². The summed E-state index contributed by atoms with van der Waals surface area (Å²) in [4.78, 5) is 16.6. The average molecular weight is 435 g/mol. The van der Waals surface area contributed by atoms with Crippen LogP contribution in [0.5, 0.6) is 0 Å². The highest BCUT2D eigenvalue weighted by molar-refractivity contribution is 7.92. The van der Waals surface area contributed by atoms with Crippen LogP contribution in [0.1, 0.15) is 11.5 Å². The van der Waals surface area contributed by atoms with Crippen molar-refractivity contribution < 1.29 is 17.7 Å². The smallest absolute Gasteiger partial charge is 0.246 e. The van der Waals surface area contributed by atoms with Crippen molar-refractivity contribution in [1.82, 2.24) is 15.5 Å². The van der Waals surface area contributed by atoms with E-state index in [1.165, 1.54) is 12.1 Å². The molecule has 0 saturated heterocycles. The van der Waals surface area contributed by atoms with Crippen molar-refractivity contribution >= 4 is 33.2 Å². The van der Waals surface area contributed by atoms with Crippen LogP contribution < -0.4 is 9.62 Å². The Hall–Kier alpha value is -2.91. The lowest BCUT2D eigenvalue weighted by molar-refractivity contribution is -0.119. The summed E-state index contributed by atoms with van der Waals surface area (Å²) in [6.45, 7) is 1.55. The maximum absolute atomic E-state index is 12.3. The molecule has 1 amide bonds. The molecule has 3 aromatic rings. The van der Waals surface area contributed by atoms with Crippen LogP contribution in [-0.4, -0.2) is 37.3 Å². The number of anilines is 1. The van der Waals surface area contributed by atoms with E-state index in [2.05, 4.69) is 15.5 Å². The number of hydrogen-bond acceptors (Lipinski definition) is 6. The van der Waals surface area contributed by atoms with Gasteiger partial charge in [-0.25, -0.2) is 8.42 Å². The van der Waals surface area contributed by atoms with Gasteiger partial charge in [-0.3, -0.25) is 9.10 Å². The zero-order valence-corrected chi connectivity index (χ0v) is 17.4. The van der Waals surface area contributed by atoms with Crippen LogP contribution in [0.2, 0.25) is 5.02 Å². The molecule has 152 valence electrons. The lowest BCUT2D eigenvalue weighted by atomic mass is 10.1. The van der Waals surface area contributed by atoms with Gasteiger partial charge < -0.3 is 9.84 Å². The first-order chi connectivity index (χ1) is 13.7. The Labute approximate surface area is 173 Å². The number of aryl methyl sites for hydroxylation is 1. The number of halogens is 1. The Morgan fingerprint density at radius 3 is 2.59 bits per heavy atom. The molecule has 0 bridgehead atoms. The number of sulfonamides is 1. The molecule has 2 aromatic carbocycles. The summed E-state index contributed by atoms with van der Waals surface area (Å²) in [6, 6.07) is 13.8. The molecule has 1 aromatic heterocycles. The molecule has 3 rings (SSSR count). The van der Waals surface area contributed by atoms with Gasteiger partial charge in [-0.15, -0.1) is 0 Å². The second kappa shape index (κ2) is 8.62. The van der Waals surface area contributed by atoms with Gasteiger partial charge in [0.2, 0.25) is 27.6 Å². The quantitative estimate of drug-likeness (QED) is 0.613. The van der Waals surface area contributed by atoms with Gasteiger partial charge in [0.25, 0.3) is 0 Å². The number of hydrogen-bond donors (Lipinski definition) is 1. The van der Waals surface area contributed by atoms with E-state index in [0.717, 1.165) is 21.7 Å². The predicted molar refractivity (Wildman–Crippen MR) is 110 cm³/mol. The number of nitrogens with zero attached hydrogens (tertiary/aromatic N) is 3. The lowest BCUT2D eigenvalue weighted by Gasteiger charge is -2.21. The second-order valence-electron chi connectivity index (χ2n) is 6.40. The Bertz CT molecular complexity index is 1110. The zero-order valence-electron chi connectivity index (χ0n) is 15.8. The van der Waals surface area contributed by atoms with Gasteiger partial charge in [-0.2, -0.15) is 4.98 Å². The standard InChI is InChI=1S/C19H19ClN4O4S/c1-13-4-3-5-14(10-13)19-22-18(28-23-19)11-21-17(25)12-24(29(2,26)27)16-8-6-15(20)7-9-16/h3-10H,11-12H2,1-2H3,(H,21,25). The molecule has 8 nitrogen and oxygen atoms in total. The van der Waals surface area contributed by atoms with Crippen LogP contribution in [0.3, 0.4) is 0 Å². The molecule has 0 radical (unpaired) electrons. The van der Waals surface area contributed by atoms with E-state index >= 15 is 0 Å². The number of aromatic nitrogens is 2. The average Bonchev–Trinajstić information content (AvgIpc) is 3.14. The monoisotopic (exact) mass is 434 g/mol. The topological polar surface area (TPSA) is 105 Å².